The molecule has 0 spiro atoms. The number of alkyl halides is 1. The quantitative estimate of drug-likeness (QED) is 0.365. The summed E-state index contributed by atoms with van der Waals surface area (Å²) in [6.45, 7) is 5.74. The molecule has 1 unspecified atom stereocenters. The highest BCUT2D eigenvalue weighted by Crippen LogP contribution is 1.96. The number of carbonyl (C=O) groups is 1. The van der Waals surface area contributed by atoms with Crippen LogP contribution >= 0.6 is 11.6 Å². The van der Waals surface area contributed by atoms with Crippen molar-refractivity contribution in [2.45, 2.75) is 25.1 Å². The van der Waals surface area contributed by atoms with Crippen molar-refractivity contribution < 1.29 is 28.8 Å². The lowest BCUT2D eigenvalue weighted by Gasteiger charge is -2.08. The maximum atomic E-state index is 10.4. The van der Waals surface area contributed by atoms with E-state index >= 15 is 0 Å². The zero-order chi connectivity index (χ0) is 15.1. The van der Waals surface area contributed by atoms with Crippen LogP contribution in [0, 0.1) is 0 Å². The lowest BCUT2D eigenvalue weighted by atomic mass is 10.4. The molecule has 7 heteroatoms. The smallest absolute Gasteiger partial charge is 0.324 e. The number of ether oxygens (including phenoxy) is 4. The molecule has 0 aromatic rings. The van der Waals surface area contributed by atoms with E-state index in [-0.39, 0.29) is 6.61 Å². The van der Waals surface area contributed by atoms with Gasteiger partial charge in [-0.15, -0.1) is 11.6 Å². The van der Waals surface area contributed by atoms with Crippen LogP contribution in [-0.2, 0) is 23.7 Å². The van der Waals surface area contributed by atoms with Gasteiger partial charge in [0.05, 0.1) is 46.2 Å². The summed E-state index contributed by atoms with van der Waals surface area (Å²) in [5.74, 6) is -1.08. The van der Waals surface area contributed by atoms with Gasteiger partial charge < -0.3 is 24.1 Å². The maximum absolute atomic E-state index is 10.4. The maximum Gasteiger partial charge on any atom is 0.324 e. The molecule has 0 aromatic carbocycles. The van der Waals surface area contributed by atoms with Gasteiger partial charge in [0, 0.05) is 6.61 Å². The fraction of sp³-hybridized carbons (Fsp3) is 0.923. The van der Waals surface area contributed by atoms with Crippen LogP contribution in [0.25, 0.3) is 0 Å². The number of carboxylic acids is 1. The van der Waals surface area contributed by atoms with Gasteiger partial charge in [0.2, 0.25) is 0 Å². The van der Waals surface area contributed by atoms with Crippen molar-refractivity contribution in [1.29, 1.82) is 0 Å². The molecule has 0 aliphatic carbocycles. The number of hydrogen-bond donors (Lipinski definition) is 1. The van der Waals surface area contributed by atoms with Gasteiger partial charge in [-0.25, -0.2) is 0 Å². The molecule has 20 heavy (non-hydrogen) atoms. The van der Waals surface area contributed by atoms with E-state index in [4.69, 9.17) is 35.7 Å². The minimum Gasteiger partial charge on any atom is -0.480 e. The third kappa shape index (κ3) is 14.0. The van der Waals surface area contributed by atoms with Crippen LogP contribution in [0.4, 0.5) is 0 Å². The Labute approximate surface area is 125 Å². The molecule has 0 aliphatic rings. The van der Waals surface area contributed by atoms with Crippen LogP contribution in [0.1, 0.15) is 19.8 Å². The summed E-state index contributed by atoms with van der Waals surface area (Å²) in [4.78, 5) is 10.4. The fourth-order valence-corrected chi connectivity index (χ4v) is 1.25. The molecular formula is C13H25ClO6. The Kier molecular flexibility index (Phi) is 14.7. The van der Waals surface area contributed by atoms with Gasteiger partial charge in [-0.05, 0) is 6.42 Å². The Morgan fingerprint density at radius 3 is 1.85 bits per heavy atom. The van der Waals surface area contributed by atoms with Crippen molar-refractivity contribution in [3.8, 4) is 0 Å². The van der Waals surface area contributed by atoms with Gasteiger partial charge in [-0.2, -0.15) is 0 Å². The van der Waals surface area contributed by atoms with E-state index in [0.29, 0.717) is 39.6 Å². The van der Waals surface area contributed by atoms with Gasteiger partial charge in [0.25, 0.3) is 0 Å². The van der Waals surface area contributed by atoms with E-state index in [9.17, 15) is 4.79 Å². The highest BCUT2D eigenvalue weighted by Gasteiger charge is 2.12. The molecule has 0 saturated carbocycles. The molecule has 0 amide bonds. The Morgan fingerprint density at radius 1 is 0.950 bits per heavy atom. The number of unbranched alkanes of at least 4 members (excludes halogenated alkanes) is 1. The van der Waals surface area contributed by atoms with E-state index in [1.807, 2.05) is 0 Å². The second kappa shape index (κ2) is 15.0. The Balaban J connectivity index is 3.04. The molecule has 6 nitrogen and oxygen atoms in total. The third-order valence-corrected chi connectivity index (χ3v) is 2.60. The average molecular weight is 313 g/mol. The van der Waals surface area contributed by atoms with Crippen molar-refractivity contribution in [1.82, 2.24) is 0 Å². The number of rotatable bonds is 15. The van der Waals surface area contributed by atoms with Crippen molar-refractivity contribution >= 4 is 17.6 Å². The molecule has 0 bridgehead atoms. The van der Waals surface area contributed by atoms with Crippen molar-refractivity contribution in [2.75, 3.05) is 52.9 Å². The second-order valence-electron chi connectivity index (χ2n) is 4.07. The van der Waals surface area contributed by atoms with Gasteiger partial charge in [0.1, 0.15) is 0 Å². The number of hydrogen-bond acceptors (Lipinski definition) is 5. The topological polar surface area (TPSA) is 74.2 Å². The van der Waals surface area contributed by atoms with Gasteiger partial charge in [0.15, 0.2) is 5.38 Å². The first kappa shape index (κ1) is 19.6. The molecule has 1 N–H and O–H groups in total. The first-order valence-corrected chi connectivity index (χ1v) is 7.30. The summed E-state index contributed by atoms with van der Waals surface area (Å²) in [7, 11) is 0. The summed E-state index contributed by atoms with van der Waals surface area (Å²) in [6.07, 6.45) is 2.21. The van der Waals surface area contributed by atoms with Crippen molar-refractivity contribution in [3.63, 3.8) is 0 Å². The highest BCUT2D eigenvalue weighted by atomic mass is 35.5. The molecule has 0 aromatic heterocycles. The molecule has 120 valence electrons. The van der Waals surface area contributed by atoms with Crippen molar-refractivity contribution in [3.05, 3.63) is 0 Å². The summed E-state index contributed by atoms with van der Waals surface area (Å²) in [5.41, 5.74) is 0. The average Bonchev–Trinajstić information content (AvgIpc) is 2.43. The SMILES string of the molecule is CCCCOCCOCCOCCOCC(Cl)C(=O)O. The normalized spacial score (nSPS) is 12.5. The number of aliphatic carboxylic acids is 1. The van der Waals surface area contributed by atoms with Crippen LogP contribution in [0.3, 0.4) is 0 Å². The van der Waals surface area contributed by atoms with Crippen LogP contribution in [0.15, 0.2) is 0 Å². The molecule has 0 aliphatic heterocycles. The zero-order valence-corrected chi connectivity index (χ0v) is 12.8. The van der Waals surface area contributed by atoms with E-state index in [1.54, 1.807) is 0 Å². The third-order valence-electron chi connectivity index (χ3n) is 2.29. The number of halogens is 1. The molecule has 0 radical (unpaired) electrons. The number of carboxylic acid groups (broad SMARTS) is 1. The van der Waals surface area contributed by atoms with E-state index < -0.39 is 11.3 Å². The monoisotopic (exact) mass is 312 g/mol. The van der Waals surface area contributed by atoms with E-state index in [2.05, 4.69) is 6.92 Å². The van der Waals surface area contributed by atoms with Crippen molar-refractivity contribution in [2.24, 2.45) is 0 Å². The zero-order valence-electron chi connectivity index (χ0n) is 12.0. The minimum atomic E-state index is -1.08. The Bertz CT molecular complexity index is 227. The van der Waals surface area contributed by atoms with E-state index in [1.165, 1.54) is 0 Å². The Hall–Kier alpha value is -0.400. The molecule has 0 rings (SSSR count). The predicted molar refractivity (Wildman–Crippen MR) is 75.5 cm³/mol. The molecule has 0 saturated heterocycles. The lowest BCUT2D eigenvalue weighted by Crippen LogP contribution is -2.21. The Morgan fingerprint density at radius 2 is 1.40 bits per heavy atom. The van der Waals surface area contributed by atoms with Crippen LogP contribution in [0.5, 0.6) is 0 Å². The van der Waals surface area contributed by atoms with Crippen LogP contribution in [0.2, 0.25) is 0 Å². The summed E-state index contributed by atoms with van der Waals surface area (Å²) < 4.78 is 20.9. The molecule has 1 atom stereocenters. The second-order valence-corrected chi connectivity index (χ2v) is 4.60. The first-order valence-electron chi connectivity index (χ1n) is 6.86. The van der Waals surface area contributed by atoms with Crippen LogP contribution in [-0.4, -0.2) is 69.3 Å². The summed E-state index contributed by atoms with van der Waals surface area (Å²) in [5, 5.41) is 7.49. The molecule has 0 fully saturated rings. The summed E-state index contributed by atoms with van der Waals surface area (Å²) >= 11 is 5.46. The predicted octanol–water partition coefficient (Wildman–Crippen LogP) is 1.54. The molecular weight excluding hydrogens is 288 g/mol. The largest absolute Gasteiger partial charge is 0.480 e. The fourth-order valence-electron chi connectivity index (χ4n) is 1.16. The van der Waals surface area contributed by atoms with Gasteiger partial charge in [-0.3, -0.25) is 4.79 Å². The molecule has 0 heterocycles. The standard InChI is InChI=1S/C13H25ClO6/c1-2-3-4-17-5-6-18-7-8-19-9-10-20-11-12(14)13(15)16/h12H,2-11H2,1H3,(H,15,16). The van der Waals surface area contributed by atoms with E-state index in [0.717, 1.165) is 19.4 Å². The summed E-state index contributed by atoms with van der Waals surface area (Å²) in [6, 6.07) is 0. The van der Waals surface area contributed by atoms with Gasteiger partial charge >= 0.3 is 5.97 Å². The highest BCUT2D eigenvalue weighted by molar-refractivity contribution is 6.29. The van der Waals surface area contributed by atoms with Crippen LogP contribution < -0.4 is 0 Å². The minimum absolute atomic E-state index is 0.0220. The lowest BCUT2D eigenvalue weighted by molar-refractivity contribution is -0.137. The first-order chi connectivity index (χ1) is 9.68. The van der Waals surface area contributed by atoms with Gasteiger partial charge in [-0.1, -0.05) is 13.3 Å².